The quantitative estimate of drug-likeness (QED) is 0.894. The Bertz CT molecular complexity index is 452. The van der Waals surface area contributed by atoms with E-state index in [1.54, 1.807) is 0 Å². The molecule has 0 aliphatic carbocycles. The highest BCUT2D eigenvalue weighted by Gasteiger charge is 2.28. The monoisotopic (exact) mass is 296 g/mol. The standard InChI is InChI=1S/C16H25ClN2O/c1-4-18-12(2)13-5-6-15(14(17)11-13)19-9-7-16(3,20)8-10-19/h5-6,11-12,18,20H,4,7-10H2,1-3H3. The molecule has 2 rings (SSSR count). The molecule has 1 aliphatic heterocycles. The van der Waals surface area contributed by atoms with Crippen LogP contribution in [-0.4, -0.2) is 30.3 Å². The van der Waals surface area contributed by atoms with Crippen LogP contribution in [0.15, 0.2) is 18.2 Å². The van der Waals surface area contributed by atoms with Crippen LogP contribution in [0.5, 0.6) is 0 Å². The Labute approximate surface area is 126 Å². The second-order valence-corrected chi connectivity index (χ2v) is 6.38. The average Bonchev–Trinajstić information content (AvgIpc) is 2.39. The van der Waals surface area contributed by atoms with E-state index < -0.39 is 5.60 Å². The number of nitrogens with zero attached hydrogens (tertiary/aromatic N) is 1. The summed E-state index contributed by atoms with van der Waals surface area (Å²) in [6.45, 7) is 8.82. The molecule has 0 spiro atoms. The predicted octanol–water partition coefficient (Wildman–Crippen LogP) is 3.36. The zero-order valence-electron chi connectivity index (χ0n) is 12.6. The first-order valence-corrected chi connectivity index (χ1v) is 7.81. The van der Waals surface area contributed by atoms with Gasteiger partial charge in [0.2, 0.25) is 0 Å². The van der Waals surface area contributed by atoms with Crippen molar-refractivity contribution in [3.63, 3.8) is 0 Å². The molecule has 0 aromatic heterocycles. The SMILES string of the molecule is CCNC(C)c1ccc(N2CCC(C)(O)CC2)c(Cl)c1. The second kappa shape index (κ2) is 6.33. The van der Waals surface area contributed by atoms with E-state index in [1.807, 2.05) is 6.92 Å². The largest absolute Gasteiger partial charge is 0.390 e. The van der Waals surface area contributed by atoms with Crippen molar-refractivity contribution in [2.75, 3.05) is 24.5 Å². The smallest absolute Gasteiger partial charge is 0.0653 e. The van der Waals surface area contributed by atoms with E-state index >= 15 is 0 Å². The molecule has 2 N–H and O–H groups in total. The van der Waals surface area contributed by atoms with Crippen LogP contribution in [0.1, 0.15) is 45.2 Å². The van der Waals surface area contributed by atoms with Gasteiger partial charge in [-0.05, 0) is 50.9 Å². The molecule has 0 radical (unpaired) electrons. The Morgan fingerprint density at radius 2 is 2.05 bits per heavy atom. The fourth-order valence-corrected chi connectivity index (χ4v) is 3.01. The van der Waals surface area contributed by atoms with Gasteiger partial charge in [0.1, 0.15) is 0 Å². The molecule has 1 unspecified atom stereocenters. The summed E-state index contributed by atoms with van der Waals surface area (Å²) in [4.78, 5) is 2.27. The Balaban J connectivity index is 2.10. The first kappa shape index (κ1) is 15.6. The summed E-state index contributed by atoms with van der Waals surface area (Å²) in [6, 6.07) is 6.61. The first-order chi connectivity index (χ1) is 9.43. The van der Waals surface area contributed by atoms with Gasteiger partial charge in [0.15, 0.2) is 0 Å². The van der Waals surface area contributed by atoms with Crippen molar-refractivity contribution < 1.29 is 5.11 Å². The summed E-state index contributed by atoms with van der Waals surface area (Å²) in [5, 5.41) is 14.2. The summed E-state index contributed by atoms with van der Waals surface area (Å²) in [6.07, 6.45) is 1.58. The van der Waals surface area contributed by atoms with E-state index in [2.05, 4.69) is 42.3 Å². The lowest BCUT2D eigenvalue weighted by Gasteiger charge is -2.37. The van der Waals surface area contributed by atoms with Gasteiger partial charge in [-0.1, -0.05) is 24.6 Å². The molecule has 1 aliphatic rings. The molecular weight excluding hydrogens is 272 g/mol. The van der Waals surface area contributed by atoms with E-state index in [1.165, 1.54) is 5.56 Å². The minimum atomic E-state index is -0.525. The third kappa shape index (κ3) is 3.66. The maximum Gasteiger partial charge on any atom is 0.0653 e. The number of halogens is 1. The molecule has 1 heterocycles. The van der Waals surface area contributed by atoms with Crippen LogP contribution in [0.2, 0.25) is 5.02 Å². The summed E-state index contributed by atoms with van der Waals surface area (Å²) in [5.41, 5.74) is 1.77. The number of hydrogen-bond donors (Lipinski definition) is 2. The van der Waals surface area contributed by atoms with Crippen molar-refractivity contribution in [2.45, 2.75) is 45.3 Å². The Hall–Kier alpha value is -0.770. The fourth-order valence-electron chi connectivity index (χ4n) is 2.70. The lowest BCUT2D eigenvalue weighted by molar-refractivity contribution is 0.0351. The van der Waals surface area contributed by atoms with Crippen LogP contribution in [0.3, 0.4) is 0 Å². The zero-order chi connectivity index (χ0) is 14.8. The van der Waals surface area contributed by atoms with Crippen molar-refractivity contribution >= 4 is 17.3 Å². The van der Waals surface area contributed by atoms with Gasteiger partial charge in [-0.3, -0.25) is 0 Å². The van der Waals surface area contributed by atoms with Crippen LogP contribution in [-0.2, 0) is 0 Å². The third-order valence-corrected chi connectivity index (χ3v) is 4.47. The van der Waals surface area contributed by atoms with E-state index in [0.717, 1.165) is 43.2 Å². The van der Waals surface area contributed by atoms with Gasteiger partial charge in [0, 0.05) is 19.1 Å². The van der Waals surface area contributed by atoms with Crippen LogP contribution in [0.4, 0.5) is 5.69 Å². The van der Waals surface area contributed by atoms with Gasteiger partial charge >= 0.3 is 0 Å². The fraction of sp³-hybridized carbons (Fsp3) is 0.625. The van der Waals surface area contributed by atoms with E-state index in [0.29, 0.717) is 6.04 Å². The van der Waals surface area contributed by atoms with Crippen molar-refractivity contribution in [1.82, 2.24) is 5.32 Å². The maximum absolute atomic E-state index is 10.0. The molecule has 112 valence electrons. The highest BCUT2D eigenvalue weighted by atomic mass is 35.5. The lowest BCUT2D eigenvalue weighted by atomic mass is 9.93. The first-order valence-electron chi connectivity index (χ1n) is 7.43. The van der Waals surface area contributed by atoms with Gasteiger partial charge in [0.25, 0.3) is 0 Å². The van der Waals surface area contributed by atoms with Gasteiger partial charge in [-0.15, -0.1) is 0 Å². The highest BCUT2D eigenvalue weighted by molar-refractivity contribution is 6.33. The summed E-state index contributed by atoms with van der Waals surface area (Å²) >= 11 is 6.45. The van der Waals surface area contributed by atoms with Gasteiger partial charge in [-0.2, -0.15) is 0 Å². The molecule has 1 atom stereocenters. The number of rotatable bonds is 4. The van der Waals surface area contributed by atoms with E-state index in [9.17, 15) is 5.11 Å². The molecule has 4 heteroatoms. The Kier molecular flexibility index (Phi) is 4.95. The van der Waals surface area contributed by atoms with E-state index in [-0.39, 0.29) is 0 Å². The van der Waals surface area contributed by atoms with Crippen molar-refractivity contribution in [1.29, 1.82) is 0 Å². The van der Waals surface area contributed by atoms with Crippen molar-refractivity contribution in [2.24, 2.45) is 0 Å². The molecule has 0 saturated carbocycles. The minimum Gasteiger partial charge on any atom is -0.390 e. The second-order valence-electron chi connectivity index (χ2n) is 5.97. The van der Waals surface area contributed by atoms with Crippen LogP contribution in [0, 0.1) is 0 Å². The zero-order valence-corrected chi connectivity index (χ0v) is 13.4. The Morgan fingerprint density at radius 3 is 2.60 bits per heavy atom. The topological polar surface area (TPSA) is 35.5 Å². The van der Waals surface area contributed by atoms with Crippen molar-refractivity contribution in [3.05, 3.63) is 28.8 Å². The molecule has 1 aromatic rings. The van der Waals surface area contributed by atoms with Crippen LogP contribution in [0.25, 0.3) is 0 Å². The number of aliphatic hydroxyl groups is 1. The number of benzene rings is 1. The van der Waals surface area contributed by atoms with Crippen molar-refractivity contribution in [3.8, 4) is 0 Å². The highest BCUT2D eigenvalue weighted by Crippen LogP contribution is 2.32. The molecule has 3 nitrogen and oxygen atoms in total. The molecule has 1 aromatic carbocycles. The normalized spacial score (nSPS) is 19.9. The number of piperidine rings is 1. The molecule has 0 bridgehead atoms. The minimum absolute atomic E-state index is 0.314. The maximum atomic E-state index is 10.0. The van der Waals surface area contributed by atoms with Crippen LogP contribution < -0.4 is 10.2 Å². The summed E-state index contributed by atoms with van der Waals surface area (Å²) < 4.78 is 0. The van der Waals surface area contributed by atoms with Gasteiger partial charge in [-0.25, -0.2) is 0 Å². The summed E-state index contributed by atoms with van der Waals surface area (Å²) in [5.74, 6) is 0. The molecule has 0 amide bonds. The molecular formula is C16H25ClN2O. The van der Waals surface area contributed by atoms with E-state index in [4.69, 9.17) is 11.6 Å². The third-order valence-electron chi connectivity index (χ3n) is 4.16. The number of nitrogens with one attached hydrogen (secondary N) is 1. The van der Waals surface area contributed by atoms with Gasteiger partial charge in [0.05, 0.1) is 16.3 Å². The van der Waals surface area contributed by atoms with Crippen LogP contribution >= 0.6 is 11.6 Å². The molecule has 1 saturated heterocycles. The lowest BCUT2D eigenvalue weighted by Crippen LogP contribution is -2.42. The predicted molar refractivity (Wildman–Crippen MR) is 85.6 cm³/mol. The molecule has 20 heavy (non-hydrogen) atoms. The summed E-state index contributed by atoms with van der Waals surface area (Å²) in [7, 11) is 0. The number of anilines is 1. The number of hydrogen-bond acceptors (Lipinski definition) is 3. The molecule has 1 fully saturated rings. The Morgan fingerprint density at radius 1 is 1.40 bits per heavy atom. The van der Waals surface area contributed by atoms with Gasteiger partial charge < -0.3 is 15.3 Å². The average molecular weight is 297 g/mol.